The van der Waals surface area contributed by atoms with Crippen molar-refractivity contribution in [3.8, 4) is 0 Å². The summed E-state index contributed by atoms with van der Waals surface area (Å²) in [4.78, 5) is 18.4. The molecular weight excluding hydrogens is 345 g/mol. The summed E-state index contributed by atoms with van der Waals surface area (Å²) in [6.45, 7) is 7.31. The Bertz CT molecular complexity index is 629. The Morgan fingerprint density at radius 3 is 2.58 bits per heavy atom. The summed E-state index contributed by atoms with van der Waals surface area (Å²) in [7, 11) is 0. The van der Waals surface area contributed by atoms with Crippen LogP contribution in [0.5, 0.6) is 0 Å². The van der Waals surface area contributed by atoms with E-state index in [4.69, 9.17) is 0 Å². The van der Waals surface area contributed by atoms with E-state index in [1.54, 1.807) is 6.07 Å². The zero-order valence-electron chi connectivity index (χ0n) is 14.9. The van der Waals surface area contributed by atoms with Gasteiger partial charge in [-0.25, -0.2) is 0 Å². The Kier molecular flexibility index (Phi) is 5.72. The number of amides is 1. The molecule has 8 heteroatoms. The van der Waals surface area contributed by atoms with E-state index in [0.29, 0.717) is 44.5 Å². The Labute approximate surface area is 151 Å². The topological polar surface area (TPSA) is 38.8 Å². The van der Waals surface area contributed by atoms with Crippen LogP contribution in [0, 0.1) is 0 Å². The average Bonchev–Trinajstić information content (AvgIpc) is 2.63. The van der Waals surface area contributed by atoms with Gasteiger partial charge >= 0.3 is 6.18 Å². The number of halogens is 3. The molecule has 26 heavy (non-hydrogen) atoms. The van der Waals surface area contributed by atoms with E-state index >= 15 is 0 Å². The van der Waals surface area contributed by atoms with Gasteiger partial charge in [0.1, 0.15) is 0 Å². The average molecular weight is 370 g/mol. The third-order valence-electron chi connectivity index (χ3n) is 5.15. The predicted molar refractivity (Wildman–Crippen MR) is 94.1 cm³/mol. The van der Waals surface area contributed by atoms with E-state index < -0.39 is 11.7 Å². The van der Waals surface area contributed by atoms with Crippen LogP contribution in [0.3, 0.4) is 0 Å². The largest absolute Gasteiger partial charge is 0.416 e. The molecule has 0 aliphatic carbocycles. The molecule has 144 valence electrons. The molecule has 1 atom stereocenters. The zero-order valence-corrected chi connectivity index (χ0v) is 14.9. The summed E-state index contributed by atoms with van der Waals surface area (Å²) >= 11 is 0. The number of anilines is 1. The fourth-order valence-corrected chi connectivity index (χ4v) is 3.48. The fourth-order valence-electron chi connectivity index (χ4n) is 3.48. The lowest BCUT2D eigenvalue weighted by atomic mass is 10.1. The highest BCUT2D eigenvalue weighted by Crippen LogP contribution is 2.31. The molecule has 2 aliphatic heterocycles. The second-order valence-electron chi connectivity index (χ2n) is 6.94. The number of piperazine rings is 2. The first-order valence-electron chi connectivity index (χ1n) is 8.99. The molecule has 0 bridgehead atoms. The Morgan fingerprint density at radius 2 is 1.92 bits per heavy atom. The first kappa shape index (κ1) is 19.0. The van der Waals surface area contributed by atoms with E-state index in [2.05, 4.69) is 17.1 Å². The fraction of sp³-hybridized carbons (Fsp3) is 0.611. The van der Waals surface area contributed by atoms with Crippen molar-refractivity contribution in [3.63, 3.8) is 0 Å². The van der Waals surface area contributed by atoms with Gasteiger partial charge < -0.3 is 15.1 Å². The molecule has 1 N–H and O–H groups in total. The summed E-state index contributed by atoms with van der Waals surface area (Å²) in [6, 6.07) is 5.72. The number of hydrogen-bond acceptors (Lipinski definition) is 4. The molecule has 5 nitrogen and oxygen atoms in total. The number of benzene rings is 1. The number of rotatable bonds is 3. The molecule has 2 fully saturated rings. The van der Waals surface area contributed by atoms with E-state index in [1.165, 1.54) is 12.1 Å². The lowest BCUT2D eigenvalue weighted by molar-refractivity contribution is -0.137. The highest BCUT2D eigenvalue weighted by molar-refractivity contribution is 5.78. The van der Waals surface area contributed by atoms with E-state index in [-0.39, 0.29) is 5.91 Å². The summed E-state index contributed by atoms with van der Waals surface area (Å²) in [5.41, 5.74) is -0.0798. The van der Waals surface area contributed by atoms with Gasteiger partial charge in [-0.15, -0.1) is 0 Å². The molecule has 0 saturated carbocycles. The van der Waals surface area contributed by atoms with Crippen LogP contribution in [0.15, 0.2) is 24.3 Å². The van der Waals surface area contributed by atoms with Crippen LogP contribution in [0.4, 0.5) is 18.9 Å². The molecule has 3 rings (SSSR count). The van der Waals surface area contributed by atoms with Crippen molar-refractivity contribution in [2.24, 2.45) is 0 Å². The number of carbonyl (C=O) groups is 1. The molecule has 1 aromatic rings. The Hall–Kier alpha value is -1.80. The van der Waals surface area contributed by atoms with Crippen LogP contribution >= 0.6 is 0 Å². The zero-order chi connectivity index (χ0) is 18.7. The van der Waals surface area contributed by atoms with Crippen LogP contribution in [0.2, 0.25) is 0 Å². The van der Waals surface area contributed by atoms with Crippen LogP contribution < -0.4 is 10.2 Å². The van der Waals surface area contributed by atoms with Crippen LogP contribution in [0.25, 0.3) is 0 Å². The van der Waals surface area contributed by atoms with Gasteiger partial charge in [-0.1, -0.05) is 6.07 Å². The summed E-state index contributed by atoms with van der Waals surface area (Å²) in [5, 5.41) is 3.30. The first-order chi connectivity index (χ1) is 12.3. The molecular formula is C18H25F3N4O. The third-order valence-corrected chi connectivity index (χ3v) is 5.15. The quantitative estimate of drug-likeness (QED) is 0.878. The highest BCUT2D eigenvalue weighted by Gasteiger charge is 2.31. The highest BCUT2D eigenvalue weighted by atomic mass is 19.4. The summed E-state index contributed by atoms with van der Waals surface area (Å²) in [6.07, 6.45) is -4.34. The second-order valence-corrected chi connectivity index (χ2v) is 6.94. The maximum atomic E-state index is 12.9. The SMILES string of the molecule is C[C@@H]1CNCCN1CC(=O)N1CCN(c2cccc(C(F)(F)F)c2)CC1. The summed E-state index contributed by atoms with van der Waals surface area (Å²) < 4.78 is 38.6. The van der Waals surface area contributed by atoms with Gasteiger partial charge in [0.25, 0.3) is 0 Å². The van der Waals surface area contributed by atoms with E-state index in [1.807, 2.05) is 9.80 Å². The first-order valence-corrected chi connectivity index (χ1v) is 8.99. The molecule has 2 aliphatic rings. The Morgan fingerprint density at radius 1 is 1.19 bits per heavy atom. The van der Waals surface area contributed by atoms with E-state index in [9.17, 15) is 18.0 Å². The van der Waals surface area contributed by atoms with Gasteiger partial charge in [-0.2, -0.15) is 13.2 Å². The maximum absolute atomic E-state index is 12.9. The van der Waals surface area contributed by atoms with Crippen molar-refractivity contribution in [1.29, 1.82) is 0 Å². The minimum atomic E-state index is -4.34. The summed E-state index contributed by atoms with van der Waals surface area (Å²) in [5.74, 6) is 0.0995. The standard InChI is InChI=1S/C18H25F3N4O/c1-14-12-22-5-6-25(14)13-17(26)24-9-7-23(8-10-24)16-4-2-3-15(11-16)18(19,20)21/h2-4,11,14,22H,5-10,12-13H2,1H3/t14-/m1/s1. The number of nitrogens with one attached hydrogen (secondary N) is 1. The van der Waals surface area contributed by atoms with Gasteiger partial charge in [0.15, 0.2) is 0 Å². The van der Waals surface area contributed by atoms with Gasteiger partial charge in [0, 0.05) is 57.5 Å². The van der Waals surface area contributed by atoms with Gasteiger partial charge in [-0.05, 0) is 25.1 Å². The predicted octanol–water partition coefficient (Wildman–Crippen LogP) is 1.65. The van der Waals surface area contributed by atoms with Crippen LogP contribution in [0.1, 0.15) is 12.5 Å². The van der Waals surface area contributed by atoms with Crippen molar-refractivity contribution in [3.05, 3.63) is 29.8 Å². The van der Waals surface area contributed by atoms with Crippen LogP contribution in [-0.4, -0.2) is 74.1 Å². The molecule has 0 aromatic heterocycles. The van der Waals surface area contributed by atoms with Gasteiger partial charge in [0.05, 0.1) is 12.1 Å². The number of carbonyl (C=O) groups excluding carboxylic acids is 1. The smallest absolute Gasteiger partial charge is 0.368 e. The lowest BCUT2D eigenvalue weighted by Gasteiger charge is -2.39. The molecule has 0 radical (unpaired) electrons. The minimum absolute atomic E-state index is 0.0995. The van der Waals surface area contributed by atoms with Crippen molar-refractivity contribution < 1.29 is 18.0 Å². The van der Waals surface area contributed by atoms with Crippen molar-refractivity contribution in [2.75, 3.05) is 57.3 Å². The third kappa shape index (κ3) is 4.48. The van der Waals surface area contributed by atoms with Crippen LogP contribution in [-0.2, 0) is 11.0 Å². The Balaban J connectivity index is 1.55. The number of alkyl halides is 3. The molecule has 1 amide bonds. The maximum Gasteiger partial charge on any atom is 0.416 e. The van der Waals surface area contributed by atoms with Gasteiger partial charge in [-0.3, -0.25) is 9.69 Å². The van der Waals surface area contributed by atoms with Crippen molar-refractivity contribution in [2.45, 2.75) is 19.1 Å². The molecule has 2 heterocycles. The monoisotopic (exact) mass is 370 g/mol. The number of nitrogens with zero attached hydrogens (tertiary/aromatic N) is 3. The number of hydrogen-bond donors (Lipinski definition) is 1. The van der Waals surface area contributed by atoms with Crippen molar-refractivity contribution in [1.82, 2.24) is 15.1 Å². The normalized spacial score (nSPS) is 22.5. The molecule has 0 spiro atoms. The van der Waals surface area contributed by atoms with Gasteiger partial charge in [0.2, 0.25) is 5.91 Å². The molecule has 2 saturated heterocycles. The van der Waals surface area contributed by atoms with E-state index in [0.717, 1.165) is 25.7 Å². The molecule has 1 aromatic carbocycles. The lowest BCUT2D eigenvalue weighted by Crippen LogP contribution is -2.55. The van der Waals surface area contributed by atoms with Crippen molar-refractivity contribution >= 4 is 11.6 Å². The second kappa shape index (κ2) is 7.84. The molecule has 0 unspecified atom stereocenters. The minimum Gasteiger partial charge on any atom is -0.368 e.